The van der Waals surface area contributed by atoms with Crippen molar-refractivity contribution in [3.8, 4) is 0 Å². The molecule has 7 nitrogen and oxygen atoms in total. The van der Waals surface area contributed by atoms with Crippen molar-refractivity contribution in [3.63, 3.8) is 0 Å². The maximum Gasteiger partial charge on any atom is 0.329 e. The van der Waals surface area contributed by atoms with E-state index in [1.54, 1.807) is 12.1 Å². The summed E-state index contributed by atoms with van der Waals surface area (Å²) in [5, 5.41) is 2.73. The van der Waals surface area contributed by atoms with Crippen LogP contribution in [-0.2, 0) is 14.3 Å². The van der Waals surface area contributed by atoms with Gasteiger partial charge in [-0.2, -0.15) is 0 Å². The van der Waals surface area contributed by atoms with Crippen LogP contribution in [-0.4, -0.2) is 40.7 Å². The first kappa shape index (κ1) is 20.3. The molecule has 2 atom stereocenters. The molecule has 0 radical (unpaired) electrons. The number of hydrogen-bond donors (Lipinski definition) is 1. The van der Waals surface area contributed by atoms with Crippen LogP contribution in [0.2, 0.25) is 0 Å². The van der Waals surface area contributed by atoms with E-state index in [4.69, 9.17) is 4.74 Å². The minimum atomic E-state index is -1.15. The van der Waals surface area contributed by atoms with Gasteiger partial charge in [0.1, 0.15) is 6.04 Å². The number of carbonyl (C=O) groups excluding carboxylic acids is 4. The zero-order chi connectivity index (χ0) is 21.3. The smallest absolute Gasteiger partial charge is 0.329 e. The second-order valence-electron chi connectivity index (χ2n) is 7.09. The Labute approximate surface area is 168 Å². The molecule has 2 aromatic carbocycles. The lowest BCUT2D eigenvalue weighted by Gasteiger charge is -2.23. The molecule has 7 heteroatoms. The highest BCUT2D eigenvalue weighted by Crippen LogP contribution is 2.25. The molecular weight excluding hydrogens is 372 g/mol. The van der Waals surface area contributed by atoms with Crippen LogP contribution in [0.3, 0.4) is 0 Å². The van der Waals surface area contributed by atoms with E-state index in [0.29, 0.717) is 5.69 Å². The first-order valence-electron chi connectivity index (χ1n) is 9.26. The molecule has 1 aliphatic heterocycles. The van der Waals surface area contributed by atoms with Gasteiger partial charge in [-0.25, -0.2) is 4.79 Å². The molecule has 150 valence electrons. The van der Waals surface area contributed by atoms with Crippen molar-refractivity contribution in [1.82, 2.24) is 4.90 Å². The molecule has 1 aliphatic rings. The molecule has 1 N–H and O–H groups in total. The zero-order valence-corrected chi connectivity index (χ0v) is 16.7. The Morgan fingerprint density at radius 3 is 2.14 bits per heavy atom. The number of esters is 1. The SMILES string of the molecule is Cc1ccc(C)c(NC(=O)[C@H](C)OC(=O)[C@@H](C)N2C(=O)c3ccccc3C2=O)c1. The van der Waals surface area contributed by atoms with Crippen LogP contribution < -0.4 is 5.32 Å². The van der Waals surface area contributed by atoms with Gasteiger partial charge >= 0.3 is 5.97 Å². The van der Waals surface area contributed by atoms with Crippen LogP contribution in [0.15, 0.2) is 42.5 Å². The molecule has 0 unspecified atom stereocenters. The molecule has 1 heterocycles. The lowest BCUT2D eigenvalue weighted by Crippen LogP contribution is -2.45. The third kappa shape index (κ3) is 3.89. The van der Waals surface area contributed by atoms with Crippen molar-refractivity contribution in [1.29, 1.82) is 0 Å². The molecule has 0 bridgehead atoms. The fraction of sp³-hybridized carbons (Fsp3) is 0.273. The van der Waals surface area contributed by atoms with Gasteiger partial charge in [-0.3, -0.25) is 19.3 Å². The molecule has 2 aromatic rings. The Hall–Kier alpha value is -3.48. The number of imide groups is 1. The number of nitrogens with one attached hydrogen (secondary N) is 1. The fourth-order valence-corrected chi connectivity index (χ4v) is 3.10. The van der Waals surface area contributed by atoms with Gasteiger partial charge in [0.15, 0.2) is 6.10 Å². The highest BCUT2D eigenvalue weighted by Gasteiger charge is 2.41. The number of nitrogens with zero attached hydrogens (tertiary/aromatic N) is 1. The number of ether oxygens (including phenoxy) is 1. The van der Waals surface area contributed by atoms with E-state index < -0.39 is 35.8 Å². The van der Waals surface area contributed by atoms with E-state index in [1.807, 2.05) is 32.0 Å². The molecule has 3 rings (SSSR count). The van der Waals surface area contributed by atoms with E-state index in [9.17, 15) is 19.2 Å². The lowest BCUT2D eigenvalue weighted by atomic mass is 10.1. The van der Waals surface area contributed by atoms with E-state index in [-0.39, 0.29) is 11.1 Å². The second kappa shape index (κ2) is 7.87. The quantitative estimate of drug-likeness (QED) is 0.622. The second-order valence-corrected chi connectivity index (χ2v) is 7.09. The van der Waals surface area contributed by atoms with Crippen LogP contribution in [0, 0.1) is 13.8 Å². The average molecular weight is 394 g/mol. The van der Waals surface area contributed by atoms with Gasteiger partial charge in [0.25, 0.3) is 17.7 Å². The van der Waals surface area contributed by atoms with Gasteiger partial charge in [0.05, 0.1) is 11.1 Å². The summed E-state index contributed by atoms with van der Waals surface area (Å²) in [4.78, 5) is 50.8. The molecule has 0 saturated heterocycles. The van der Waals surface area contributed by atoms with E-state index in [2.05, 4.69) is 5.32 Å². The summed E-state index contributed by atoms with van der Waals surface area (Å²) >= 11 is 0. The minimum absolute atomic E-state index is 0.248. The van der Waals surface area contributed by atoms with Gasteiger partial charge in [0, 0.05) is 5.69 Å². The summed E-state index contributed by atoms with van der Waals surface area (Å²) in [6.45, 7) is 6.60. The molecule has 0 aliphatic carbocycles. The first-order valence-corrected chi connectivity index (χ1v) is 9.26. The zero-order valence-electron chi connectivity index (χ0n) is 16.7. The van der Waals surface area contributed by atoms with Crippen molar-refractivity contribution >= 4 is 29.4 Å². The number of aryl methyl sites for hydroxylation is 2. The van der Waals surface area contributed by atoms with Crippen molar-refractivity contribution < 1.29 is 23.9 Å². The van der Waals surface area contributed by atoms with Crippen LogP contribution in [0.4, 0.5) is 5.69 Å². The molecule has 29 heavy (non-hydrogen) atoms. The minimum Gasteiger partial charge on any atom is -0.451 e. The number of anilines is 1. The highest BCUT2D eigenvalue weighted by atomic mass is 16.5. The molecule has 0 saturated carbocycles. The summed E-state index contributed by atoms with van der Waals surface area (Å²) in [7, 11) is 0. The Morgan fingerprint density at radius 2 is 1.55 bits per heavy atom. The number of hydrogen-bond acceptors (Lipinski definition) is 5. The summed E-state index contributed by atoms with van der Waals surface area (Å²) in [5.74, 6) is -2.44. The third-order valence-electron chi connectivity index (χ3n) is 4.87. The van der Waals surface area contributed by atoms with Crippen molar-refractivity contribution in [2.24, 2.45) is 0 Å². The lowest BCUT2D eigenvalue weighted by molar-refractivity contribution is -0.156. The number of amides is 3. The summed E-state index contributed by atoms with van der Waals surface area (Å²) in [6.07, 6.45) is -1.10. The Morgan fingerprint density at radius 1 is 0.966 bits per heavy atom. The van der Waals surface area contributed by atoms with Crippen LogP contribution in [0.25, 0.3) is 0 Å². The van der Waals surface area contributed by atoms with Crippen LogP contribution in [0.1, 0.15) is 45.7 Å². The number of fused-ring (bicyclic) bond motifs is 1. The van der Waals surface area contributed by atoms with E-state index >= 15 is 0 Å². The topological polar surface area (TPSA) is 92.8 Å². The summed E-state index contributed by atoms with van der Waals surface area (Å²) < 4.78 is 5.23. The molecular formula is C22H22N2O5. The summed E-state index contributed by atoms with van der Waals surface area (Å²) in [5.41, 5.74) is 2.98. The van der Waals surface area contributed by atoms with Crippen LogP contribution >= 0.6 is 0 Å². The van der Waals surface area contributed by atoms with Crippen molar-refractivity contribution in [2.75, 3.05) is 5.32 Å². The van der Waals surface area contributed by atoms with Gasteiger partial charge in [0.2, 0.25) is 0 Å². The largest absolute Gasteiger partial charge is 0.451 e. The van der Waals surface area contributed by atoms with Gasteiger partial charge in [-0.1, -0.05) is 24.3 Å². The summed E-state index contributed by atoms with van der Waals surface area (Å²) in [6, 6.07) is 10.8. The van der Waals surface area contributed by atoms with Gasteiger partial charge < -0.3 is 10.1 Å². The monoisotopic (exact) mass is 394 g/mol. The predicted molar refractivity (Wildman–Crippen MR) is 107 cm³/mol. The third-order valence-corrected chi connectivity index (χ3v) is 4.87. The Kier molecular flexibility index (Phi) is 5.50. The Balaban J connectivity index is 1.66. The molecule has 0 spiro atoms. The van der Waals surface area contributed by atoms with Crippen molar-refractivity contribution in [3.05, 3.63) is 64.7 Å². The van der Waals surface area contributed by atoms with Crippen LogP contribution in [0.5, 0.6) is 0 Å². The number of benzene rings is 2. The van der Waals surface area contributed by atoms with Crippen molar-refractivity contribution in [2.45, 2.75) is 39.8 Å². The molecule has 0 aromatic heterocycles. The highest BCUT2D eigenvalue weighted by molar-refractivity contribution is 6.22. The van der Waals surface area contributed by atoms with E-state index in [1.165, 1.54) is 26.0 Å². The number of carbonyl (C=O) groups is 4. The van der Waals surface area contributed by atoms with Gasteiger partial charge in [-0.15, -0.1) is 0 Å². The maximum absolute atomic E-state index is 12.5. The first-order chi connectivity index (χ1) is 13.7. The molecule has 3 amide bonds. The standard InChI is InChI=1S/C22H22N2O5/c1-12-9-10-13(2)18(11-12)23-19(25)15(4)29-22(28)14(3)24-20(26)16-7-5-6-8-17(16)21(24)27/h5-11,14-15H,1-4H3,(H,23,25)/t14-,15+/m1/s1. The number of rotatable bonds is 5. The van der Waals surface area contributed by atoms with E-state index in [0.717, 1.165) is 16.0 Å². The molecule has 0 fully saturated rings. The maximum atomic E-state index is 12.5. The predicted octanol–water partition coefficient (Wildman–Crippen LogP) is 2.86. The normalized spacial score (nSPS) is 15.0. The fourth-order valence-electron chi connectivity index (χ4n) is 3.10. The Bertz CT molecular complexity index is 979. The average Bonchev–Trinajstić information content (AvgIpc) is 2.94. The van der Waals surface area contributed by atoms with Gasteiger partial charge in [-0.05, 0) is 57.0 Å².